The predicted molar refractivity (Wildman–Crippen MR) is 130 cm³/mol. The molecule has 0 unspecified atom stereocenters. The van der Waals surface area contributed by atoms with Crippen LogP contribution in [0.25, 0.3) is 0 Å². The van der Waals surface area contributed by atoms with E-state index in [9.17, 15) is 22.8 Å². The number of amides is 2. The third kappa shape index (κ3) is 7.03. The van der Waals surface area contributed by atoms with Crippen LogP contribution in [0.5, 0.6) is 0 Å². The van der Waals surface area contributed by atoms with Gasteiger partial charge < -0.3 is 37.5 Å². The van der Waals surface area contributed by atoms with Crippen LogP contribution in [0.4, 0.5) is 24.8 Å². The SMILES string of the molecule is C=C/C(=C\C=C(/N)OCC(F)(F)F)C(=O)N1CCC2(CC1)CN/C(=N\C(=O)c1nc(Cl)c(N)nc1N)N2. The first kappa shape index (κ1) is 27.6. The molecule has 200 valence electrons. The van der Waals surface area contributed by atoms with Crippen molar-refractivity contribution in [3.63, 3.8) is 0 Å². The summed E-state index contributed by atoms with van der Waals surface area (Å²) >= 11 is 5.82. The number of carbonyl (C=O) groups is 2. The molecule has 2 aliphatic heterocycles. The molecule has 0 aromatic carbocycles. The van der Waals surface area contributed by atoms with E-state index in [0.717, 1.165) is 6.08 Å². The van der Waals surface area contributed by atoms with E-state index in [2.05, 4.69) is 36.9 Å². The Morgan fingerprint density at radius 2 is 1.89 bits per heavy atom. The fourth-order valence-electron chi connectivity index (χ4n) is 3.65. The second kappa shape index (κ2) is 10.9. The van der Waals surface area contributed by atoms with Crippen molar-refractivity contribution >= 4 is 41.0 Å². The van der Waals surface area contributed by atoms with Gasteiger partial charge >= 0.3 is 12.1 Å². The van der Waals surface area contributed by atoms with Crippen molar-refractivity contribution in [2.75, 3.05) is 37.7 Å². The number of aromatic nitrogens is 2. The van der Waals surface area contributed by atoms with Crippen LogP contribution in [0.3, 0.4) is 0 Å². The average Bonchev–Trinajstić information content (AvgIpc) is 3.21. The topological polar surface area (TPSA) is 187 Å². The van der Waals surface area contributed by atoms with E-state index < -0.39 is 30.1 Å². The molecule has 2 fully saturated rings. The van der Waals surface area contributed by atoms with Gasteiger partial charge in [0.15, 0.2) is 40.9 Å². The number of likely N-dealkylation sites (tertiary alicyclic amines) is 1. The van der Waals surface area contributed by atoms with Crippen LogP contribution in [0.15, 0.2) is 41.3 Å². The molecular weight excluding hydrogens is 519 g/mol. The van der Waals surface area contributed by atoms with Crippen molar-refractivity contribution in [1.29, 1.82) is 0 Å². The molecule has 0 aliphatic carbocycles. The number of halogens is 4. The van der Waals surface area contributed by atoms with Gasteiger partial charge in [-0.15, -0.1) is 0 Å². The quantitative estimate of drug-likeness (QED) is 0.195. The van der Waals surface area contributed by atoms with Gasteiger partial charge in [-0.05, 0) is 25.0 Å². The van der Waals surface area contributed by atoms with Gasteiger partial charge in [0, 0.05) is 25.2 Å². The normalized spacial score (nSPS) is 18.9. The zero-order valence-corrected chi connectivity index (χ0v) is 20.2. The van der Waals surface area contributed by atoms with E-state index in [1.807, 2.05) is 0 Å². The minimum absolute atomic E-state index is 0.107. The lowest BCUT2D eigenvalue weighted by molar-refractivity contribution is -0.165. The molecule has 1 aromatic heterocycles. The lowest BCUT2D eigenvalue weighted by Crippen LogP contribution is -2.54. The molecule has 2 aliphatic rings. The number of hydrogen-bond acceptors (Lipinski definition) is 8. The molecule has 0 saturated carbocycles. The van der Waals surface area contributed by atoms with Crippen molar-refractivity contribution in [1.82, 2.24) is 25.5 Å². The Morgan fingerprint density at radius 3 is 2.51 bits per heavy atom. The third-order valence-corrected chi connectivity index (χ3v) is 5.88. The van der Waals surface area contributed by atoms with Crippen LogP contribution >= 0.6 is 11.6 Å². The number of aliphatic imine (C=N–C) groups is 1. The summed E-state index contributed by atoms with van der Waals surface area (Å²) in [7, 11) is 0. The Bertz CT molecular complexity index is 1180. The van der Waals surface area contributed by atoms with Gasteiger partial charge in [-0.25, -0.2) is 9.97 Å². The molecule has 2 amide bonds. The Kier molecular flexibility index (Phi) is 8.15. The highest BCUT2D eigenvalue weighted by atomic mass is 35.5. The number of nitrogen functional groups attached to an aromatic ring is 2. The van der Waals surface area contributed by atoms with Crippen LogP contribution in [0.2, 0.25) is 5.15 Å². The van der Waals surface area contributed by atoms with Gasteiger partial charge in [0.05, 0.1) is 5.54 Å². The van der Waals surface area contributed by atoms with E-state index in [4.69, 9.17) is 28.8 Å². The van der Waals surface area contributed by atoms with Crippen LogP contribution in [0.1, 0.15) is 23.3 Å². The summed E-state index contributed by atoms with van der Waals surface area (Å²) in [5.41, 5.74) is 16.1. The Hall–Kier alpha value is -4.01. The summed E-state index contributed by atoms with van der Waals surface area (Å²) in [5.74, 6) is -1.72. The van der Waals surface area contributed by atoms with E-state index in [-0.39, 0.29) is 39.9 Å². The number of allylic oxidation sites excluding steroid dienone is 2. The number of piperidine rings is 1. The number of hydrogen-bond donors (Lipinski definition) is 5. The van der Waals surface area contributed by atoms with Crippen molar-refractivity contribution in [3.8, 4) is 0 Å². The summed E-state index contributed by atoms with van der Waals surface area (Å²) in [5, 5.41) is 6.04. The smallest absolute Gasteiger partial charge is 0.422 e. The van der Waals surface area contributed by atoms with Crippen LogP contribution in [-0.4, -0.2) is 70.6 Å². The lowest BCUT2D eigenvalue weighted by Gasteiger charge is -2.38. The first-order chi connectivity index (χ1) is 17.3. The number of alkyl halides is 3. The second-order valence-electron chi connectivity index (χ2n) is 8.25. The highest BCUT2D eigenvalue weighted by Gasteiger charge is 2.41. The maximum atomic E-state index is 12.9. The number of ether oxygens (including phenoxy) is 1. The fourth-order valence-corrected chi connectivity index (χ4v) is 3.77. The Labute approximate surface area is 214 Å². The Morgan fingerprint density at radius 1 is 1.22 bits per heavy atom. The highest BCUT2D eigenvalue weighted by Crippen LogP contribution is 2.26. The zero-order valence-electron chi connectivity index (χ0n) is 19.4. The molecule has 0 bridgehead atoms. The van der Waals surface area contributed by atoms with E-state index >= 15 is 0 Å². The summed E-state index contributed by atoms with van der Waals surface area (Å²) in [6.07, 6.45) is 0.103. The van der Waals surface area contributed by atoms with E-state index in [0.29, 0.717) is 32.5 Å². The van der Waals surface area contributed by atoms with Crippen molar-refractivity contribution < 1.29 is 27.5 Å². The van der Waals surface area contributed by atoms with Crippen molar-refractivity contribution in [2.24, 2.45) is 10.7 Å². The first-order valence-corrected chi connectivity index (χ1v) is 11.2. The minimum Gasteiger partial charge on any atom is -0.470 e. The molecule has 37 heavy (non-hydrogen) atoms. The van der Waals surface area contributed by atoms with Crippen LogP contribution in [-0.2, 0) is 9.53 Å². The average molecular weight is 544 g/mol. The van der Waals surface area contributed by atoms with Gasteiger partial charge in [0.1, 0.15) is 0 Å². The maximum Gasteiger partial charge on any atom is 0.422 e. The molecule has 8 N–H and O–H groups in total. The lowest BCUT2D eigenvalue weighted by atomic mass is 9.88. The molecule has 16 heteroatoms. The number of anilines is 2. The molecule has 3 heterocycles. The third-order valence-electron chi connectivity index (χ3n) is 5.60. The molecule has 0 atom stereocenters. The summed E-state index contributed by atoms with van der Waals surface area (Å²) in [4.78, 5) is 38.5. The molecule has 3 rings (SSSR count). The van der Waals surface area contributed by atoms with Crippen LogP contribution in [0, 0.1) is 0 Å². The molecule has 2 saturated heterocycles. The summed E-state index contributed by atoms with van der Waals surface area (Å²) in [6.45, 7) is 3.20. The summed E-state index contributed by atoms with van der Waals surface area (Å²) < 4.78 is 41.1. The van der Waals surface area contributed by atoms with Crippen molar-refractivity contribution in [3.05, 3.63) is 47.1 Å². The predicted octanol–water partition coefficient (Wildman–Crippen LogP) is 0.836. The van der Waals surface area contributed by atoms with Gasteiger partial charge in [0.25, 0.3) is 5.91 Å². The number of nitrogens with one attached hydrogen (secondary N) is 2. The van der Waals surface area contributed by atoms with Gasteiger partial charge in [0.2, 0.25) is 0 Å². The fraction of sp³-hybridized carbons (Fsp3) is 0.381. The number of rotatable bonds is 6. The molecular formula is C21H25ClF3N9O3. The van der Waals surface area contributed by atoms with Gasteiger partial charge in [-0.2, -0.15) is 18.2 Å². The molecule has 0 radical (unpaired) electrons. The zero-order chi connectivity index (χ0) is 27.4. The highest BCUT2D eigenvalue weighted by molar-refractivity contribution is 6.31. The monoisotopic (exact) mass is 543 g/mol. The van der Waals surface area contributed by atoms with E-state index in [1.165, 1.54) is 12.2 Å². The second-order valence-corrected chi connectivity index (χ2v) is 8.61. The Balaban J connectivity index is 1.60. The van der Waals surface area contributed by atoms with Crippen LogP contribution < -0.4 is 27.8 Å². The minimum atomic E-state index is -4.53. The summed E-state index contributed by atoms with van der Waals surface area (Å²) in [6, 6.07) is 0. The van der Waals surface area contributed by atoms with Gasteiger partial charge in [-0.1, -0.05) is 24.3 Å². The largest absolute Gasteiger partial charge is 0.470 e. The first-order valence-electron chi connectivity index (χ1n) is 10.8. The maximum absolute atomic E-state index is 12.9. The standard InChI is InChI=1S/C21H25ClF3N9O3/c1-2-11(3-4-12(26)37-10-21(23,24)25)18(36)34-7-5-20(6-8-34)9-29-19(33-20)32-17(35)13-15(27)31-16(28)14(22)30-13/h2-4H,1,5-10,26H2,(H4,27,28,31)(H2,29,32,33,35)/b11-3+,12-4+. The van der Waals surface area contributed by atoms with Crippen molar-refractivity contribution in [2.45, 2.75) is 24.6 Å². The van der Waals surface area contributed by atoms with Gasteiger partial charge in [-0.3, -0.25) is 9.59 Å². The number of nitrogens with two attached hydrogens (primary N) is 3. The molecule has 12 nitrogen and oxygen atoms in total. The molecule has 1 aromatic rings. The number of carbonyl (C=O) groups excluding carboxylic acids is 2. The van der Waals surface area contributed by atoms with E-state index in [1.54, 1.807) is 4.90 Å². The molecule has 1 spiro atoms. The number of nitrogens with zero attached hydrogens (tertiary/aromatic N) is 4. The number of guanidine groups is 1.